The average molecular weight is 843 g/mol. The summed E-state index contributed by atoms with van der Waals surface area (Å²) in [5.74, 6) is -0.451. The van der Waals surface area contributed by atoms with Crippen LogP contribution in [0.25, 0.3) is 21.5 Å². The largest absolute Gasteiger partial charge is 0.508 e. The van der Waals surface area contributed by atoms with Crippen molar-refractivity contribution in [3.05, 3.63) is 108 Å². The van der Waals surface area contributed by atoms with Gasteiger partial charge in [-0.2, -0.15) is 16.8 Å². The van der Waals surface area contributed by atoms with Crippen molar-refractivity contribution in [2.24, 2.45) is 0 Å². The minimum atomic E-state index is -4.76. The molecule has 21 heteroatoms. The van der Waals surface area contributed by atoms with E-state index < -0.39 is 56.1 Å². The third-order valence-corrected chi connectivity index (χ3v) is 12.8. The van der Waals surface area contributed by atoms with Gasteiger partial charge in [-0.15, -0.1) is 0 Å². The summed E-state index contributed by atoms with van der Waals surface area (Å²) in [6.07, 6.45) is 0. The molecule has 0 radical (unpaired) electrons. The van der Waals surface area contributed by atoms with Crippen LogP contribution in [0.3, 0.4) is 0 Å². The summed E-state index contributed by atoms with van der Waals surface area (Å²) in [7, 11) is -18.3. The van der Waals surface area contributed by atoms with E-state index in [1.807, 2.05) is 0 Å². The number of nitrogens with one attached hydrogen (secondary N) is 4. The molecule has 0 saturated heterocycles. The highest BCUT2D eigenvalue weighted by Crippen LogP contribution is 2.34. The maximum atomic E-state index is 13.4. The number of carbonyl (C=O) groups excluding carboxylic acids is 1. The van der Waals surface area contributed by atoms with Crippen molar-refractivity contribution in [1.82, 2.24) is 0 Å². The van der Waals surface area contributed by atoms with E-state index in [0.29, 0.717) is 11.1 Å². The molecular weight excluding hydrogens is 813 g/mol. The number of amides is 2. The van der Waals surface area contributed by atoms with Crippen molar-refractivity contribution >= 4 is 90.6 Å². The Morgan fingerprint density at radius 1 is 0.464 bits per heavy atom. The molecule has 0 spiro atoms. The summed E-state index contributed by atoms with van der Waals surface area (Å²) in [5, 5.41) is 25.6. The number of urea groups is 1. The second-order valence-electron chi connectivity index (χ2n) is 12.4. The van der Waals surface area contributed by atoms with E-state index in [1.54, 1.807) is 0 Å². The number of phenols is 2. The van der Waals surface area contributed by atoms with Crippen LogP contribution in [0.4, 0.5) is 27.5 Å². The number of hydrogen-bond acceptors (Lipinski definition) is 11. The van der Waals surface area contributed by atoms with E-state index in [1.165, 1.54) is 86.6 Å². The van der Waals surface area contributed by atoms with E-state index in [0.717, 1.165) is 24.3 Å². The van der Waals surface area contributed by atoms with E-state index in [-0.39, 0.29) is 65.6 Å². The van der Waals surface area contributed by atoms with E-state index >= 15 is 0 Å². The smallest absolute Gasteiger partial charge is 0.323 e. The standard InChI is InChI=1S/C35H30N4O13S4/c1-19-11-25(53(43,44)38-33-17-27(55(47,48)49)15-21-13-23(40)3-7-29(21)33)5-9-31(19)36-35(42)37-32-10-6-26(12-20(32)2)54(45,46)39-34-18-28(56(50,51)52)16-22-14-24(41)4-8-30(22)34/h3-18,38-41H,1-2H3,(H2,36,37,42)(H,47,48,49)(H,50,51,52). The number of benzene rings is 6. The fourth-order valence-corrected chi connectivity index (χ4v) is 9.09. The first-order valence-electron chi connectivity index (χ1n) is 15.8. The monoisotopic (exact) mass is 842 g/mol. The molecule has 6 rings (SSSR count). The van der Waals surface area contributed by atoms with E-state index in [2.05, 4.69) is 20.1 Å². The molecule has 0 aromatic heterocycles. The van der Waals surface area contributed by atoms with Crippen LogP contribution >= 0.6 is 0 Å². The van der Waals surface area contributed by atoms with Gasteiger partial charge in [0.25, 0.3) is 40.3 Å². The number of carbonyl (C=O) groups is 1. The Bertz CT molecular complexity index is 2880. The molecule has 6 aromatic carbocycles. The molecule has 8 N–H and O–H groups in total. The Labute approximate surface area is 320 Å². The summed E-state index contributed by atoms with van der Waals surface area (Å²) >= 11 is 0. The van der Waals surface area contributed by atoms with Crippen molar-refractivity contribution < 1.29 is 57.8 Å². The summed E-state index contributed by atoms with van der Waals surface area (Å²) in [5.41, 5.74) is 0.610. The first-order chi connectivity index (χ1) is 26.0. The maximum Gasteiger partial charge on any atom is 0.323 e. The zero-order valence-electron chi connectivity index (χ0n) is 28.8. The first-order valence-corrected chi connectivity index (χ1v) is 21.7. The zero-order chi connectivity index (χ0) is 41.0. The van der Waals surface area contributed by atoms with Gasteiger partial charge in [-0.1, -0.05) is 0 Å². The summed E-state index contributed by atoms with van der Waals surface area (Å²) in [6.45, 7) is 3.03. The molecule has 56 heavy (non-hydrogen) atoms. The molecule has 0 unspecified atom stereocenters. The molecule has 0 fully saturated rings. The number of hydrogen-bond donors (Lipinski definition) is 8. The molecule has 0 aliphatic carbocycles. The summed E-state index contributed by atoms with van der Waals surface area (Å²) in [6, 6.07) is 18.4. The Kier molecular flexibility index (Phi) is 10.1. The molecule has 0 bridgehead atoms. The molecule has 2 amide bonds. The lowest BCUT2D eigenvalue weighted by Crippen LogP contribution is -2.21. The van der Waals surface area contributed by atoms with Gasteiger partial charge in [0.05, 0.1) is 31.0 Å². The molecule has 6 aromatic rings. The molecule has 0 heterocycles. The number of aromatic hydroxyl groups is 2. The van der Waals surface area contributed by atoms with Crippen LogP contribution in [0.15, 0.2) is 117 Å². The molecular formula is C35H30N4O13S4. The van der Waals surface area contributed by atoms with Crippen molar-refractivity contribution in [3.8, 4) is 11.5 Å². The van der Waals surface area contributed by atoms with Crippen LogP contribution in [0, 0.1) is 13.8 Å². The van der Waals surface area contributed by atoms with E-state index in [4.69, 9.17) is 0 Å². The number of sulfonamides is 2. The van der Waals surface area contributed by atoms with Crippen LogP contribution in [-0.4, -0.2) is 59.0 Å². The fraction of sp³-hybridized carbons (Fsp3) is 0.0571. The predicted molar refractivity (Wildman–Crippen MR) is 207 cm³/mol. The average Bonchev–Trinajstić information content (AvgIpc) is 3.08. The van der Waals surface area contributed by atoms with Gasteiger partial charge in [0.2, 0.25) is 0 Å². The van der Waals surface area contributed by atoms with Crippen molar-refractivity contribution in [2.45, 2.75) is 33.4 Å². The Morgan fingerprint density at radius 3 is 1.18 bits per heavy atom. The van der Waals surface area contributed by atoms with Gasteiger partial charge in [0.1, 0.15) is 11.5 Å². The lowest BCUT2D eigenvalue weighted by molar-refractivity contribution is 0.262. The minimum absolute atomic E-state index is 0.128. The number of aryl methyl sites for hydroxylation is 2. The van der Waals surface area contributed by atoms with Gasteiger partial charge in [-0.25, -0.2) is 21.6 Å². The number of anilines is 4. The third-order valence-electron chi connectivity index (χ3n) is 8.42. The lowest BCUT2D eigenvalue weighted by Gasteiger charge is -2.16. The zero-order valence-corrected chi connectivity index (χ0v) is 32.1. The third kappa shape index (κ3) is 8.46. The molecule has 0 atom stereocenters. The number of phenolic OH excluding ortho intramolecular Hbond substituents is 2. The van der Waals surface area contributed by atoms with Crippen LogP contribution < -0.4 is 20.1 Å². The van der Waals surface area contributed by atoms with Crippen LogP contribution in [0.5, 0.6) is 11.5 Å². The maximum absolute atomic E-state index is 13.4. The van der Waals surface area contributed by atoms with Crippen molar-refractivity contribution in [3.63, 3.8) is 0 Å². The molecule has 17 nitrogen and oxygen atoms in total. The molecule has 0 aliphatic rings. The van der Waals surface area contributed by atoms with Crippen LogP contribution in [0.1, 0.15) is 11.1 Å². The topological polar surface area (TPSA) is 283 Å². The SMILES string of the molecule is Cc1cc(S(=O)(=O)Nc2cc(S(=O)(=O)O)cc3cc(O)ccc23)ccc1NC(=O)Nc1ccc(S(=O)(=O)Nc2cc(S(=O)(=O)O)cc3cc(O)ccc23)cc1C. The quantitative estimate of drug-likeness (QED) is 0.0763. The highest BCUT2D eigenvalue weighted by molar-refractivity contribution is 7.93. The van der Waals surface area contributed by atoms with Gasteiger partial charge >= 0.3 is 6.03 Å². The van der Waals surface area contributed by atoms with Crippen molar-refractivity contribution in [2.75, 3.05) is 20.1 Å². The highest BCUT2D eigenvalue weighted by atomic mass is 32.2. The van der Waals surface area contributed by atoms with E-state index in [9.17, 15) is 57.8 Å². The minimum Gasteiger partial charge on any atom is -0.508 e. The van der Waals surface area contributed by atoms with Gasteiger partial charge < -0.3 is 20.8 Å². The van der Waals surface area contributed by atoms with Crippen molar-refractivity contribution in [1.29, 1.82) is 0 Å². The normalized spacial score (nSPS) is 12.4. The number of rotatable bonds is 10. The van der Waals surface area contributed by atoms with Crippen LogP contribution in [0.2, 0.25) is 0 Å². The molecule has 0 saturated carbocycles. The van der Waals surface area contributed by atoms with Gasteiger partial charge in [0.15, 0.2) is 0 Å². The summed E-state index contributed by atoms with van der Waals surface area (Å²) < 4.78 is 125. The molecule has 292 valence electrons. The van der Waals surface area contributed by atoms with Crippen LogP contribution in [-0.2, 0) is 40.3 Å². The summed E-state index contributed by atoms with van der Waals surface area (Å²) in [4.78, 5) is 11.2. The second-order valence-corrected chi connectivity index (χ2v) is 18.7. The van der Waals surface area contributed by atoms with Gasteiger partial charge in [-0.3, -0.25) is 18.5 Å². The Hall–Kier alpha value is -5.97. The molecule has 0 aliphatic heterocycles. The first kappa shape index (κ1) is 39.7. The fourth-order valence-electron chi connectivity index (χ4n) is 5.70. The lowest BCUT2D eigenvalue weighted by atomic mass is 10.1. The predicted octanol–water partition coefficient (Wildman–Crippen LogP) is 5.76. The number of fused-ring (bicyclic) bond motifs is 2. The Balaban J connectivity index is 1.18. The highest BCUT2D eigenvalue weighted by Gasteiger charge is 2.23. The van der Waals surface area contributed by atoms with Gasteiger partial charge in [-0.05, 0) is 133 Å². The Morgan fingerprint density at radius 2 is 0.839 bits per heavy atom. The van der Waals surface area contributed by atoms with Gasteiger partial charge in [0, 0.05) is 22.1 Å². The second kappa shape index (κ2) is 14.3.